The Morgan fingerprint density at radius 2 is 1.67 bits per heavy atom. The quantitative estimate of drug-likeness (QED) is 0.823. The highest BCUT2D eigenvalue weighted by Crippen LogP contribution is 2.26. The Balaban J connectivity index is 2.49. The van der Waals surface area contributed by atoms with Crippen molar-refractivity contribution in [1.82, 2.24) is 4.98 Å². The van der Waals surface area contributed by atoms with E-state index >= 15 is 0 Å². The normalized spacial score (nSPS) is 10.3. The molecule has 2 aromatic rings. The number of nitrogens with zero attached hydrogens (tertiary/aromatic N) is 1. The van der Waals surface area contributed by atoms with Crippen molar-refractivity contribution in [1.29, 1.82) is 0 Å². The molecule has 0 bridgehead atoms. The molecule has 76 valence electrons. The van der Waals surface area contributed by atoms with Crippen molar-refractivity contribution in [2.45, 2.75) is 0 Å². The van der Waals surface area contributed by atoms with E-state index in [9.17, 15) is 0 Å². The van der Waals surface area contributed by atoms with Crippen LogP contribution in [0, 0.1) is 0 Å². The third-order valence-corrected chi connectivity index (χ3v) is 2.34. The minimum absolute atomic E-state index is 0.131. The number of pyridine rings is 1. The molecule has 1 aromatic heterocycles. The number of hydrogen-bond acceptors (Lipinski definition) is 2. The van der Waals surface area contributed by atoms with Crippen LogP contribution >= 0.6 is 23.2 Å². The second-order valence-electron chi connectivity index (χ2n) is 3.06. The van der Waals surface area contributed by atoms with Crippen molar-refractivity contribution < 1.29 is 5.11 Å². The highest BCUT2D eigenvalue weighted by molar-refractivity contribution is 6.35. The van der Waals surface area contributed by atoms with E-state index in [1.807, 2.05) is 0 Å². The maximum absolute atomic E-state index is 9.10. The van der Waals surface area contributed by atoms with Gasteiger partial charge in [0.15, 0.2) is 0 Å². The predicted octanol–water partition coefficient (Wildman–Crippen LogP) is 3.76. The van der Waals surface area contributed by atoms with Crippen molar-refractivity contribution >= 4 is 23.2 Å². The molecule has 0 atom stereocenters. The molecule has 0 radical (unpaired) electrons. The fraction of sp³-hybridized carbons (Fsp3) is 0. The Bertz CT molecular complexity index is 462. The summed E-state index contributed by atoms with van der Waals surface area (Å²) in [6.07, 6.45) is 1.38. The minimum atomic E-state index is 0.131. The maximum Gasteiger partial charge on any atom is 0.133 e. The highest BCUT2D eigenvalue weighted by Gasteiger charge is 2.02. The summed E-state index contributed by atoms with van der Waals surface area (Å²) in [5.74, 6) is 0.131. The summed E-state index contributed by atoms with van der Waals surface area (Å²) in [5.41, 5.74) is 1.55. The van der Waals surface area contributed by atoms with Crippen LogP contribution in [0.5, 0.6) is 5.75 Å². The number of rotatable bonds is 1. The van der Waals surface area contributed by atoms with Crippen LogP contribution in [-0.2, 0) is 0 Å². The molecule has 0 aliphatic heterocycles. The second kappa shape index (κ2) is 4.09. The second-order valence-corrected chi connectivity index (χ2v) is 3.93. The largest absolute Gasteiger partial charge is 0.506 e. The van der Waals surface area contributed by atoms with Gasteiger partial charge in [-0.05, 0) is 30.3 Å². The Morgan fingerprint density at radius 3 is 2.20 bits per heavy atom. The molecule has 15 heavy (non-hydrogen) atoms. The summed E-state index contributed by atoms with van der Waals surface area (Å²) in [5, 5.41) is 10.2. The molecule has 0 saturated carbocycles. The Hall–Kier alpha value is -1.25. The third-order valence-electron chi connectivity index (χ3n) is 1.91. The van der Waals surface area contributed by atoms with Gasteiger partial charge in [-0.3, -0.25) is 4.98 Å². The number of hydrogen-bond donors (Lipinski definition) is 1. The van der Waals surface area contributed by atoms with Gasteiger partial charge in [0.05, 0.1) is 11.9 Å². The van der Waals surface area contributed by atoms with Gasteiger partial charge in [-0.2, -0.15) is 0 Å². The molecule has 1 N–H and O–H groups in total. The van der Waals surface area contributed by atoms with Gasteiger partial charge in [0.1, 0.15) is 5.75 Å². The Morgan fingerprint density at radius 1 is 1.00 bits per heavy atom. The molecule has 0 aliphatic carbocycles. The fourth-order valence-corrected chi connectivity index (χ4v) is 1.78. The van der Waals surface area contributed by atoms with Crippen molar-refractivity contribution in [3.63, 3.8) is 0 Å². The molecular formula is C11H7Cl2NO. The smallest absolute Gasteiger partial charge is 0.133 e. The molecule has 0 saturated heterocycles. The predicted molar refractivity (Wildman–Crippen MR) is 61.4 cm³/mol. The van der Waals surface area contributed by atoms with Gasteiger partial charge in [-0.15, -0.1) is 0 Å². The molecular weight excluding hydrogens is 233 g/mol. The van der Waals surface area contributed by atoms with Crippen molar-refractivity contribution in [2.75, 3.05) is 0 Å². The Labute approximate surface area is 97.1 Å². The van der Waals surface area contributed by atoms with E-state index < -0.39 is 0 Å². The average molecular weight is 240 g/mol. The van der Waals surface area contributed by atoms with Gasteiger partial charge in [0.25, 0.3) is 0 Å². The first kappa shape index (κ1) is 10.3. The zero-order valence-corrected chi connectivity index (χ0v) is 9.13. The number of benzene rings is 1. The molecule has 0 fully saturated rings. The average Bonchev–Trinajstić information content (AvgIpc) is 2.17. The van der Waals surface area contributed by atoms with Crippen LogP contribution in [0.15, 0.2) is 36.5 Å². The van der Waals surface area contributed by atoms with E-state index in [0.29, 0.717) is 10.0 Å². The lowest BCUT2D eigenvalue weighted by molar-refractivity contribution is 0.473. The van der Waals surface area contributed by atoms with Crippen molar-refractivity contribution in [3.05, 3.63) is 46.6 Å². The van der Waals surface area contributed by atoms with Crippen molar-refractivity contribution in [2.24, 2.45) is 0 Å². The molecule has 0 unspecified atom stereocenters. The van der Waals surface area contributed by atoms with Crippen LogP contribution in [0.3, 0.4) is 0 Å². The van der Waals surface area contributed by atoms with Crippen LogP contribution in [0.4, 0.5) is 0 Å². The summed E-state index contributed by atoms with van der Waals surface area (Å²) in [7, 11) is 0. The van der Waals surface area contributed by atoms with E-state index in [-0.39, 0.29) is 5.75 Å². The number of aromatic hydroxyl groups is 1. The fourth-order valence-electron chi connectivity index (χ4n) is 1.26. The molecule has 1 heterocycles. The topological polar surface area (TPSA) is 33.1 Å². The van der Waals surface area contributed by atoms with Crippen LogP contribution in [-0.4, -0.2) is 10.1 Å². The highest BCUT2D eigenvalue weighted by atomic mass is 35.5. The molecule has 0 spiro atoms. The number of halogens is 2. The van der Waals surface area contributed by atoms with E-state index in [0.717, 1.165) is 11.3 Å². The standard InChI is InChI=1S/C11H7Cl2NO/c12-8-3-7(4-9(13)5-8)11-2-1-10(15)6-14-11/h1-6,15H. The molecule has 0 aliphatic rings. The zero-order valence-electron chi connectivity index (χ0n) is 7.61. The Kier molecular flexibility index (Phi) is 2.80. The van der Waals surface area contributed by atoms with Crippen LogP contribution in [0.2, 0.25) is 10.0 Å². The summed E-state index contributed by atoms with van der Waals surface area (Å²) in [6.45, 7) is 0. The maximum atomic E-state index is 9.10. The molecule has 4 heteroatoms. The van der Waals surface area contributed by atoms with Crippen LogP contribution in [0.25, 0.3) is 11.3 Å². The van der Waals surface area contributed by atoms with E-state index in [2.05, 4.69) is 4.98 Å². The number of aromatic nitrogens is 1. The van der Waals surface area contributed by atoms with Crippen molar-refractivity contribution in [3.8, 4) is 17.0 Å². The van der Waals surface area contributed by atoms with E-state index in [1.165, 1.54) is 6.20 Å². The van der Waals surface area contributed by atoms with Gasteiger partial charge < -0.3 is 5.11 Å². The van der Waals surface area contributed by atoms with Gasteiger partial charge in [-0.1, -0.05) is 23.2 Å². The molecule has 1 aromatic carbocycles. The summed E-state index contributed by atoms with van der Waals surface area (Å²) in [6, 6.07) is 8.47. The zero-order chi connectivity index (χ0) is 10.8. The summed E-state index contributed by atoms with van der Waals surface area (Å²) >= 11 is 11.7. The molecule has 0 amide bonds. The summed E-state index contributed by atoms with van der Waals surface area (Å²) in [4.78, 5) is 4.06. The van der Waals surface area contributed by atoms with Gasteiger partial charge in [0.2, 0.25) is 0 Å². The first-order valence-electron chi connectivity index (χ1n) is 4.26. The minimum Gasteiger partial charge on any atom is -0.506 e. The SMILES string of the molecule is Oc1ccc(-c2cc(Cl)cc(Cl)c2)nc1. The third kappa shape index (κ3) is 2.41. The van der Waals surface area contributed by atoms with Gasteiger partial charge in [0, 0.05) is 15.6 Å². The van der Waals surface area contributed by atoms with Crippen LogP contribution in [0.1, 0.15) is 0 Å². The van der Waals surface area contributed by atoms with Gasteiger partial charge >= 0.3 is 0 Å². The molecule has 2 nitrogen and oxygen atoms in total. The summed E-state index contributed by atoms with van der Waals surface area (Å²) < 4.78 is 0. The van der Waals surface area contributed by atoms with Crippen LogP contribution < -0.4 is 0 Å². The molecule has 2 rings (SSSR count). The first-order chi connectivity index (χ1) is 7.15. The van der Waals surface area contributed by atoms with E-state index in [1.54, 1.807) is 30.3 Å². The lowest BCUT2D eigenvalue weighted by Crippen LogP contribution is -1.82. The van der Waals surface area contributed by atoms with Gasteiger partial charge in [-0.25, -0.2) is 0 Å². The first-order valence-corrected chi connectivity index (χ1v) is 5.02. The lowest BCUT2D eigenvalue weighted by atomic mass is 10.1. The monoisotopic (exact) mass is 239 g/mol. The lowest BCUT2D eigenvalue weighted by Gasteiger charge is -2.02. The van der Waals surface area contributed by atoms with E-state index in [4.69, 9.17) is 28.3 Å².